The van der Waals surface area contributed by atoms with E-state index in [1.807, 2.05) is 6.20 Å². The average Bonchev–Trinajstić information content (AvgIpc) is 3.49. The number of hydrogen-bond donors (Lipinski definition) is 0. The summed E-state index contributed by atoms with van der Waals surface area (Å²) in [7, 11) is 0. The third kappa shape index (κ3) is 3.88. The molecule has 0 saturated heterocycles. The molecule has 8 aromatic carbocycles. The number of benzene rings is 8. The molecule has 222 valence electrons. The van der Waals surface area contributed by atoms with Crippen molar-refractivity contribution in [1.82, 2.24) is 4.98 Å². The molecule has 1 nitrogen and oxygen atoms in total. The van der Waals surface area contributed by atoms with Gasteiger partial charge in [0.15, 0.2) is 0 Å². The van der Waals surface area contributed by atoms with Crippen LogP contribution < -0.4 is 0 Å². The van der Waals surface area contributed by atoms with Crippen molar-refractivity contribution in [3.63, 3.8) is 0 Å². The average molecular weight is 608 g/mol. The van der Waals surface area contributed by atoms with Crippen LogP contribution in [0.1, 0.15) is 0 Å². The third-order valence-electron chi connectivity index (χ3n) is 10.1. The first-order chi connectivity index (χ1) is 23.9. The summed E-state index contributed by atoms with van der Waals surface area (Å²) in [4.78, 5) is 4.93. The zero-order chi connectivity index (χ0) is 31.6. The summed E-state index contributed by atoms with van der Waals surface area (Å²) in [5.74, 6) is 0. The van der Waals surface area contributed by atoms with Crippen molar-refractivity contribution >= 4 is 32.4 Å². The molecule has 1 heteroatoms. The highest BCUT2D eigenvalue weighted by Crippen LogP contribution is 2.58. The van der Waals surface area contributed by atoms with Gasteiger partial charge >= 0.3 is 0 Å². The quantitative estimate of drug-likeness (QED) is 0.194. The predicted molar refractivity (Wildman–Crippen MR) is 203 cm³/mol. The minimum Gasteiger partial charge on any atom is -0.256 e. The summed E-state index contributed by atoms with van der Waals surface area (Å²) in [6.07, 6.45) is 1.91. The number of pyridine rings is 1. The van der Waals surface area contributed by atoms with Crippen LogP contribution in [0, 0.1) is 0 Å². The largest absolute Gasteiger partial charge is 0.256 e. The van der Waals surface area contributed by atoms with E-state index in [9.17, 15) is 0 Å². The van der Waals surface area contributed by atoms with Gasteiger partial charge in [0.1, 0.15) is 0 Å². The first kappa shape index (κ1) is 26.9. The van der Waals surface area contributed by atoms with Gasteiger partial charge < -0.3 is 0 Å². The minimum absolute atomic E-state index is 1.02. The van der Waals surface area contributed by atoms with E-state index in [2.05, 4.69) is 170 Å². The Balaban J connectivity index is 1.31. The van der Waals surface area contributed by atoms with Gasteiger partial charge in [0, 0.05) is 17.1 Å². The van der Waals surface area contributed by atoms with Crippen LogP contribution in [0.4, 0.5) is 0 Å². The van der Waals surface area contributed by atoms with Crippen LogP contribution in [-0.2, 0) is 0 Å². The second-order valence-electron chi connectivity index (χ2n) is 12.6. The minimum atomic E-state index is 1.02. The fourth-order valence-electron chi connectivity index (χ4n) is 8.10. The molecule has 0 spiro atoms. The Bertz CT molecular complexity index is 2600. The van der Waals surface area contributed by atoms with E-state index in [4.69, 9.17) is 4.98 Å². The van der Waals surface area contributed by atoms with E-state index >= 15 is 0 Å². The van der Waals surface area contributed by atoms with Crippen LogP contribution in [0.5, 0.6) is 0 Å². The zero-order valence-corrected chi connectivity index (χ0v) is 26.2. The van der Waals surface area contributed by atoms with Crippen LogP contribution in [0.3, 0.4) is 0 Å². The van der Waals surface area contributed by atoms with Crippen molar-refractivity contribution in [2.24, 2.45) is 0 Å². The van der Waals surface area contributed by atoms with Crippen LogP contribution in [-0.4, -0.2) is 4.98 Å². The molecule has 0 radical (unpaired) electrons. The highest BCUT2D eigenvalue weighted by atomic mass is 14.7. The summed E-state index contributed by atoms with van der Waals surface area (Å²) < 4.78 is 0. The summed E-state index contributed by atoms with van der Waals surface area (Å²) in [6.45, 7) is 0. The Hall–Kier alpha value is -6.31. The van der Waals surface area contributed by atoms with Gasteiger partial charge in [-0.05, 0) is 88.8 Å². The van der Waals surface area contributed by atoms with Crippen molar-refractivity contribution in [1.29, 1.82) is 0 Å². The van der Waals surface area contributed by atoms with E-state index < -0.39 is 0 Å². The number of hydrogen-bond acceptors (Lipinski definition) is 1. The second kappa shape index (κ2) is 10.6. The predicted octanol–water partition coefficient (Wildman–Crippen LogP) is 12.9. The monoisotopic (exact) mass is 607 g/mol. The molecule has 0 saturated carbocycles. The van der Waals surface area contributed by atoms with Gasteiger partial charge in [-0.3, -0.25) is 4.98 Å². The topological polar surface area (TPSA) is 12.9 Å². The number of fused-ring (bicyclic) bond motifs is 5. The SMILES string of the molecule is c1ccc(-c2c3c(c(-c4ccccc4)c4ccccc24)-c2ccc(-c4ccc(-c5ccccc5)c5ncccc45)c4cccc-3c24)cc1. The van der Waals surface area contributed by atoms with Gasteiger partial charge in [0.05, 0.1) is 5.52 Å². The molecule has 0 fully saturated rings. The van der Waals surface area contributed by atoms with E-state index in [0.717, 1.165) is 16.5 Å². The first-order valence-corrected chi connectivity index (χ1v) is 16.6. The number of rotatable bonds is 4. The lowest BCUT2D eigenvalue weighted by atomic mass is 9.82. The van der Waals surface area contributed by atoms with E-state index in [-0.39, 0.29) is 0 Å². The molecule has 1 aromatic heterocycles. The lowest BCUT2D eigenvalue weighted by Gasteiger charge is -2.20. The maximum atomic E-state index is 4.93. The number of nitrogens with zero attached hydrogens (tertiary/aromatic N) is 1. The van der Waals surface area contributed by atoms with Crippen molar-refractivity contribution < 1.29 is 0 Å². The number of aromatic nitrogens is 1. The van der Waals surface area contributed by atoms with Gasteiger partial charge in [0.2, 0.25) is 0 Å². The van der Waals surface area contributed by atoms with E-state index in [0.29, 0.717) is 0 Å². The van der Waals surface area contributed by atoms with Crippen molar-refractivity contribution in [3.8, 4) is 66.8 Å². The molecule has 0 unspecified atom stereocenters. The molecule has 10 rings (SSSR count). The maximum Gasteiger partial charge on any atom is 0.0786 e. The molecular formula is C47H29N. The standard InChI is InChI=1S/C47H29N/c1-4-14-30(15-5-1)33-25-26-35(39-24-13-29-48-47(33)39)34-27-28-41-44-36(34)22-12-23-40(44)45-42(31-16-6-2-7-17-31)37-20-10-11-21-38(37)43(46(41)45)32-18-8-3-9-19-32/h1-29H. The maximum absolute atomic E-state index is 4.93. The van der Waals surface area contributed by atoms with Crippen LogP contribution in [0.15, 0.2) is 176 Å². The molecule has 48 heavy (non-hydrogen) atoms. The molecule has 1 heterocycles. The highest BCUT2D eigenvalue weighted by Gasteiger charge is 2.31. The zero-order valence-electron chi connectivity index (χ0n) is 26.2. The van der Waals surface area contributed by atoms with Crippen LogP contribution in [0.2, 0.25) is 0 Å². The molecule has 1 aliphatic rings. The van der Waals surface area contributed by atoms with Crippen molar-refractivity contribution in [3.05, 3.63) is 176 Å². The molecule has 0 aliphatic heterocycles. The van der Waals surface area contributed by atoms with Gasteiger partial charge in [-0.15, -0.1) is 0 Å². The molecule has 1 aliphatic carbocycles. The van der Waals surface area contributed by atoms with Crippen molar-refractivity contribution in [2.75, 3.05) is 0 Å². The Labute approximate surface area is 279 Å². The normalized spacial score (nSPS) is 11.8. The Morgan fingerprint density at radius 1 is 0.271 bits per heavy atom. The summed E-state index contributed by atoms with van der Waals surface area (Å²) in [5, 5.41) is 6.30. The van der Waals surface area contributed by atoms with Crippen molar-refractivity contribution in [2.45, 2.75) is 0 Å². The van der Waals surface area contributed by atoms with E-state index in [1.54, 1.807) is 0 Å². The highest BCUT2D eigenvalue weighted by molar-refractivity contribution is 6.29. The second-order valence-corrected chi connectivity index (χ2v) is 12.6. The first-order valence-electron chi connectivity index (χ1n) is 16.6. The van der Waals surface area contributed by atoms with E-state index in [1.165, 1.54) is 82.7 Å². The fourth-order valence-corrected chi connectivity index (χ4v) is 8.10. The van der Waals surface area contributed by atoms with Crippen LogP contribution >= 0.6 is 0 Å². The smallest absolute Gasteiger partial charge is 0.0786 e. The van der Waals surface area contributed by atoms with Crippen LogP contribution in [0.25, 0.3) is 99.2 Å². The molecule has 0 atom stereocenters. The van der Waals surface area contributed by atoms with Gasteiger partial charge in [-0.1, -0.05) is 164 Å². The molecule has 0 amide bonds. The van der Waals surface area contributed by atoms with Gasteiger partial charge in [-0.25, -0.2) is 0 Å². The summed E-state index contributed by atoms with van der Waals surface area (Å²) in [5.41, 5.74) is 16.1. The lowest BCUT2D eigenvalue weighted by molar-refractivity contribution is 1.41. The molecule has 9 aromatic rings. The van der Waals surface area contributed by atoms with Gasteiger partial charge in [0.25, 0.3) is 0 Å². The van der Waals surface area contributed by atoms with Gasteiger partial charge in [-0.2, -0.15) is 0 Å². The summed E-state index contributed by atoms with van der Waals surface area (Å²) >= 11 is 0. The fraction of sp³-hybridized carbons (Fsp3) is 0. The Kier molecular flexibility index (Phi) is 5.94. The Morgan fingerprint density at radius 3 is 1.35 bits per heavy atom. The molecule has 0 N–H and O–H groups in total. The molecule has 0 bridgehead atoms. The third-order valence-corrected chi connectivity index (χ3v) is 10.1. The summed E-state index contributed by atoms with van der Waals surface area (Å²) in [6, 6.07) is 61.8. The lowest BCUT2D eigenvalue weighted by Crippen LogP contribution is -1.93. The Morgan fingerprint density at radius 2 is 0.729 bits per heavy atom. The molecular weight excluding hydrogens is 579 g/mol.